The van der Waals surface area contributed by atoms with Crippen molar-refractivity contribution >= 4 is 15.7 Å². The third-order valence-electron chi connectivity index (χ3n) is 6.71. The first-order valence-corrected chi connectivity index (χ1v) is 10.2. The zero-order valence-corrected chi connectivity index (χ0v) is 17.2. The van der Waals surface area contributed by atoms with Crippen molar-refractivity contribution in [2.45, 2.75) is 48.3 Å². The minimum absolute atomic E-state index is 0.0100. The number of benzene rings is 1. The molecule has 3 aromatic rings. The van der Waals surface area contributed by atoms with Gasteiger partial charge in [-0.3, -0.25) is 0 Å². The van der Waals surface area contributed by atoms with Crippen LogP contribution in [0.3, 0.4) is 0 Å². The summed E-state index contributed by atoms with van der Waals surface area (Å²) < 4.78 is 37.1. The number of phenols is 1. The van der Waals surface area contributed by atoms with Crippen LogP contribution in [0.1, 0.15) is 19.3 Å². The largest absolute Gasteiger partial charge is 0.507 e. The second kappa shape index (κ2) is 7.03. The molecule has 5 atom stereocenters. The molecular formula is C20H21B2F2N5O2. The highest BCUT2D eigenvalue weighted by Crippen LogP contribution is 2.65. The number of imidazole rings is 1. The van der Waals surface area contributed by atoms with Gasteiger partial charge in [-0.2, -0.15) is 0 Å². The molecular weight excluding hydrogens is 402 g/mol. The Hall–Kier alpha value is -2.97. The lowest BCUT2D eigenvalue weighted by Crippen LogP contribution is -2.44. The van der Waals surface area contributed by atoms with Gasteiger partial charge in [0.15, 0.2) is 5.82 Å². The first-order chi connectivity index (χ1) is 14.8. The number of fused-ring (bicyclic) bond motifs is 2. The molecule has 0 spiro atoms. The average Bonchev–Trinajstić information content (AvgIpc) is 3.33. The standard InChI is InChI=1S/C20H21B2F2N5O2/c21-19-6-14(17(24)20(22,9-19)7-15(19)23)31-16-8-26-18(28-27-16)12-2-1-11(5-13(12)30)29-4-3-25-10-29/h1-5,8,10,14-15,17,30H,6-7,9,21-22H2/t14-,15-,17+,19+,20+/m1/s1. The lowest BCUT2D eigenvalue weighted by molar-refractivity contribution is 0.0301. The molecule has 0 radical (unpaired) electrons. The summed E-state index contributed by atoms with van der Waals surface area (Å²) >= 11 is 0. The Labute approximate surface area is 179 Å². The van der Waals surface area contributed by atoms with E-state index >= 15 is 4.39 Å². The van der Waals surface area contributed by atoms with E-state index in [9.17, 15) is 9.50 Å². The maximum absolute atomic E-state index is 15.1. The van der Waals surface area contributed by atoms with Crippen LogP contribution in [-0.4, -0.2) is 64.0 Å². The van der Waals surface area contributed by atoms with Crippen molar-refractivity contribution in [3.8, 4) is 28.7 Å². The van der Waals surface area contributed by atoms with Crippen molar-refractivity contribution in [1.82, 2.24) is 24.7 Å². The maximum atomic E-state index is 15.1. The van der Waals surface area contributed by atoms with Gasteiger partial charge >= 0.3 is 0 Å². The molecule has 1 aromatic carbocycles. The van der Waals surface area contributed by atoms with Crippen molar-refractivity contribution in [3.63, 3.8) is 0 Å². The molecule has 2 aliphatic carbocycles. The topological polar surface area (TPSA) is 86.0 Å². The lowest BCUT2D eigenvalue weighted by Gasteiger charge is -2.42. The average molecular weight is 423 g/mol. The number of hydrogen-bond acceptors (Lipinski definition) is 6. The summed E-state index contributed by atoms with van der Waals surface area (Å²) in [6.07, 6.45) is 4.27. The van der Waals surface area contributed by atoms with Crippen molar-refractivity contribution in [2.24, 2.45) is 0 Å². The molecule has 158 valence electrons. The fourth-order valence-corrected chi connectivity index (χ4v) is 5.16. The number of alkyl halides is 2. The van der Waals surface area contributed by atoms with E-state index in [0.717, 1.165) is 5.69 Å². The molecule has 2 bridgehead atoms. The Morgan fingerprint density at radius 2 is 2.00 bits per heavy atom. The van der Waals surface area contributed by atoms with Gasteiger partial charge in [-0.05, 0) is 35.6 Å². The summed E-state index contributed by atoms with van der Waals surface area (Å²) in [5.74, 6) is 0.282. The van der Waals surface area contributed by atoms with Gasteiger partial charge in [0.05, 0.1) is 29.9 Å². The second-order valence-electron chi connectivity index (χ2n) is 9.21. The van der Waals surface area contributed by atoms with Gasteiger partial charge in [-0.15, -0.1) is 10.2 Å². The van der Waals surface area contributed by atoms with Crippen molar-refractivity contribution < 1.29 is 18.6 Å². The number of aromatic hydroxyl groups is 1. The zero-order chi connectivity index (χ0) is 21.8. The first kappa shape index (κ1) is 20.0. The predicted octanol–water partition coefficient (Wildman–Crippen LogP) is 1.63. The van der Waals surface area contributed by atoms with Gasteiger partial charge in [-0.1, -0.05) is 6.42 Å². The number of hydrogen-bond donors (Lipinski definition) is 1. The second-order valence-corrected chi connectivity index (χ2v) is 9.21. The van der Waals surface area contributed by atoms with Crippen LogP contribution < -0.4 is 4.74 Å². The Morgan fingerprint density at radius 1 is 1.16 bits per heavy atom. The molecule has 0 amide bonds. The SMILES string of the molecule is B[C@]12C[C@@H](Oc3cnc(-c4ccc(-n5ccnc5)cc4O)nn3)[C@H](F)[C@](B)(C[C@H]1F)C2. The van der Waals surface area contributed by atoms with Gasteiger partial charge in [0.1, 0.15) is 33.7 Å². The maximum Gasteiger partial charge on any atom is 0.252 e. The van der Waals surface area contributed by atoms with Crippen LogP contribution in [-0.2, 0) is 0 Å². The highest BCUT2D eigenvalue weighted by molar-refractivity contribution is 6.21. The van der Waals surface area contributed by atoms with E-state index in [1.54, 1.807) is 49.3 Å². The van der Waals surface area contributed by atoms with Gasteiger partial charge in [0, 0.05) is 18.5 Å². The van der Waals surface area contributed by atoms with Crippen molar-refractivity contribution in [2.75, 3.05) is 0 Å². The smallest absolute Gasteiger partial charge is 0.252 e. The Morgan fingerprint density at radius 3 is 2.68 bits per heavy atom. The number of aromatic nitrogens is 5. The van der Waals surface area contributed by atoms with Crippen LogP contribution in [0.2, 0.25) is 10.6 Å². The van der Waals surface area contributed by atoms with E-state index in [2.05, 4.69) is 20.2 Å². The van der Waals surface area contributed by atoms with Crippen molar-refractivity contribution in [3.05, 3.63) is 43.1 Å². The zero-order valence-electron chi connectivity index (χ0n) is 17.2. The predicted molar refractivity (Wildman–Crippen MR) is 115 cm³/mol. The fraction of sp³-hybridized carbons (Fsp3) is 0.400. The first-order valence-electron chi connectivity index (χ1n) is 10.2. The number of ether oxygens (including phenoxy) is 1. The van der Waals surface area contributed by atoms with Gasteiger partial charge in [0.25, 0.3) is 5.88 Å². The third kappa shape index (κ3) is 3.36. The highest BCUT2D eigenvalue weighted by atomic mass is 19.1. The molecule has 31 heavy (non-hydrogen) atoms. The number of halogens is 2. The molecule has 2 aliphatic rings. The van der Waals surface area contributed by atoms with Crippen LogP contribution in [0.4, 0.5) is 8.78 Å². The third-order valence-corrected chi connectivity index (χ3v) is 6.71. The van der Waals surface area contributed by atoms with E-state index in [0.29, 0.717) is 12.0 Å². The van der Waals surface area contributed by atoms with Gasteiger partial charge in [0.2, 0.25) is 0 Å². The molecule has 1 N–H and O–H groups in total. The quantitative estimate of drug-likeness (QED) is 0.643. The Kier molecular flexibility index (Phi) is 4.53. The molecule has 2 heterocycles. The summed E-state index contributed by atoms with van der Waals surface area (Å²) in [6.45, 7) is 0. The molecule has 7 nitrogen and oxygen atoms in total. The van der Waals surface area contributed by atoms with Crippen LogP contribution >= 0.6 is 0 Å². The van der Waals surface area contributed by atoms with E-state index < -0.39 is 29.1 Å². The minimum atomic E-state index is -1.29. The molecule has 0 aliphatic heterocycles. The molecule has 11 heteroatoms. The summed E-state index contributed by atoms with van der Waals surface area (Å²) in [5.41, 5.74) is 1.14. The summed E-state index contributed by atoms with van der Waals surface area (Å²) in [5, 5.41) is 17.1. The highest BCUT2D eigenvalue weighted by Gasteiger charge is 2.61. The van der Waals surface area contributed by atoms with Crippen LogP contribution in [0, 0.1) is 0 Å². The lowest BCUT2D eigenvalue weighted by atomic mass is 9.52. The Balaban J connectivity index is 1.34. The summed E-state index contributed by atoms with van der Waals surface area (Å²) in [6, 6.07) is 5.05. The monoisotopic (exact) mass is 423 g/mol. The minimum Gasteiger partial charge on any atom is -0.507 e. The molecule has 5 rings (SSSR count). The normalized spacial score (nSPS) is 32.1. The van der Waals surface area contributed by atoms with Crippen molar-refractivity contribution in [1.29, 1.82) is 0 Å². The number of rotatable bonds is 4. The van der Waals surface area contributed by atoms with Crippen LogP contribution in [0.15, 0.2) is 43.1 Å². The molecule has 2 fully saturated rings. The van der Waals surface area contributed by atoms with Gasteiger partial charge < -0.3 is 14.4 Å². The summed E-state index contributed by atoms with van der Waals surface area (Å²) in [7, 11) is 3.64. The van der Waals surface area contributed by atoms with Gasteiger partial charge in [-0.25, -0.2) is 18.7 Å². The molecule has 0 saturated heterocycles. The number of nitrogens with zero attached hydrogens (tertiary/aromatic N) is 5. The molecule has 0 unspecified atom stereocenters. The molecule has 2 saturated carbocycles. The van der Waals surface area contributed by atoms with E-state index in [1.807, 2.05) is 7.85 Å². The fourth-order valence-electron chi connectivity index (χ4n) is 5.16. The number of phenolic OH excluding ortho intramolecular Hbond substituents is 1. The summed E-state index contributed by atoms with van der Waals surface area (Å²) in [4.78, 5) is 8.20. The van der Waals surface area contributed by atoms with Crippen LogP contribution in [0.25, 0.3) is 17.1 Å². The van der Waals surface area contributed by atoms with E-state index in [1.165, 1.54) is 6.20 Å². The Bertz CT molecular complexity index is 1100. The van der Waals surface area contributed by atoms with E-state index in [4.69, 9.17) is 4.74 Å². The molecule has 2 aromatic heterocycles. The van der Waals surface area contributed by atoms with Crippen LogP contribution in [0.5, 0.6) is 11.6 Å². The van der Waals surface area contributed by atoms with E-state index in [-0.39, 0.29) is 30.3 Å².